The molecule has 0 unspecified atom stereocenters. The Morgan fingerprint density at radius 3 is 2.00 bits per heavy atom. The number of carbonyl (C=O) groups is 3. The maximum absolute atomic E-state index is 12.9. The molecule has 0 heterocycles. The van der Waals surface area contributed by atoms with Crippen molar-refractivity contribution in [3.8, 4) is 0 Å². The number of allylic oxidation sites excluding steroid dienone is 1. The van der Waals surface area contributed by atoms with Gasteiger partial charge in [-0.3, -0.25) is 14.4 Å². The van der Waals surface area contributed by atoms with Gasteiger partial charge in [0.15, 0.2) is 17.3 Å². The van der Waals surface area contributed by atoms with Crippen molar-refractivity contribution in [3.05, 3.63) is 11.3 Å². The molecule has 1 aliphatic carbocycles. The number of aliphatic hydroxyl groups is 1. The van der Waals surface area contributed by atoms with Crippen LogP contribution in [0.1, 0.15) is 73.6 Å². The van der Waals surface area contributed by atoms with Crippen LogP contribution in [0.5, 0.6) is 0 Å². The van der Waals surface area contributed by atoms with Crippen LogP contribution in [0, 0.1) is 23.7 Å². The molecule has 0 saturated carbocycles. The zero-order valence-corrected chi connectivity index (χ0v) is 21.0. The molecule has 0 radical (unpaired) electrons. The summed E-state index contributed by atoms with van der Waals surface area (Å²) in [5.74, 6) is -3.49. The van der Waals surface area contributed by atoms with Gasteiger partial charge in [0.2, 0.25) is 0 Å². The Kier molecular flexibility index (Phi) is 11.4. The molecule has 6 heteroatoms. The molecule has 27 heavy (non-hydrogen) atoms. The minimum Gasteiger partial charge on any atom is -0.873 e. The molecule has 0 aromatic heterocycles. The second kappa shape index (κ2) is 11.4. The zero-order chi connectivity index (χ0) is 20.2. The Bertz CT molecular complexity index is 591. The molecule has 1 rings (SSSR count). The summed E-state index contributed by atoms with van der Waals surface area (Å²) in [6.45, 7) is 11.5. The van der Waals surface area contributed by atoms with E-state index in [1.807, 2.05) is 41.5 Å². The number of ketones is 3. The molecule has 1 aliphatic rings. The van der Waals surface area contributed by atoms with Gasteiger partial charge >= 0.3 is 51.4 Å². The van der Waals surface area contributed by atoms with E-state index in [0.717, 1.165) is 0 Å². The van der Waals surface area contributed by atoms with Crippen LogP contribution >= 0.6 is 0 Å². The van der Waals surface area contributed by atoms with Crippen molar-refractivity contribution >= 4 is 17.3 Å². The molecule has 5 nitrogen and oxygen atoms in total. The van der Waals surface area contributed by atoms with E-state index in [9.17, 15) is 24.6 Å². The maximum atomic E-state index is 12.9. The van der Waals surface area contributed by atoms with E-state index in [1.165, 1.54) is 0 Å². The standard InChI is InChI=1S/C21H34O5.K/c1-12(2)7-9-15-19(24)18(16(22)11-14(5)6)20(25)21(15,26)17(23)10-8-13(3)4;/h12-15,25-26H,7-11H2,1-6H3;/q;+1/p-1/t15-,21+;/m0./s1. The van der Waals surface area contributed by atoms with E-state index in [0.29, 0.717) is 12.8 Å². The fourth-order valence-corrected chi connectivity index (χ4v) is 3.33. The van der Waals surface area contributed by atoms with E-state index < -0.39 is 40.2 Å². The van der Waals surface area contributed by atoms with Crippen LogP contribution in [0.3, 0.4) is 0 Å². The molecule has 0 amide bonds. The van der Waals surface area contributed by atoms with Crippen LogP contribution in [0.25, 0.3) is 0 Å². The smallest absolute Gasteiger partial charge is 0.873 e. The second-order valence-corrected chi connectivity index (χ2v) is 8.74. The largest absolute Gasteiger partial charge is 1.00 e. The van der Waals surface area contributed by atoms with Crippen molar-refractivity contribution in [2.24, 2.45) is 23.7 Å². The first-order valence-corrected chi connectivity index (χ1v) is 9.67. The third-order valence-electron chi connectivity index (χ3n) is 4.92. The van der Waals surface area contributed by atoms with Gasteiger partial charge in [-0.15, -0.1) is 0 Å². The monoisotopic (exact) mass is 404 g/mol. The van der Waals surface area contributed by atoms with Crippen molar-refractivity contribution in [1.29, 1.82) is 0 Å². The van der Waals surface area contributed by atoms with E-state index in [4.69, 9.17) is 0 Å². The van der Waals surface area contributed by atoms with Gasteiger partial charge < -0.3 is 10.2 Å². The average Bonchev–Trinajstić information content (AvgIpc) is 2.69. The predicted molar refractivity (Wildman–Crippen MR) is 98.1 cm³/mol. The Hall–Kier alpha value is 0.146. The molecule has 0 saturated heterocycles. The fourth-order valence-electron chi connectivity index (χ4n) is 3.33. The van der Waals surface area contributed by atoms with Crippen molar-refractivity contribution in [2.75, 3.05) is 0 Å². The van der Waals surface area contributed by atoms with Crippen molar-refractivity contribution in [2.45, 2.75) is 79.2 Å². The molecule has 0 spiro atoms. The van der Waals surface area contributed by atoms with E-state index in [1.54, 1.807) is 0 Å². The fraction of sp³-hybridized carbons (Fsp3) is 0.762. The number of rotatable bonds is 10. The Morgan fingerprint density at radius 2 is 1.56 bits per heavy atom. The molecular formula is C21H33KO5. The topological polar surface area (TPSA) is 94.5 Å². The first-order chi connectivity index (χ1) is 11.9. The molecule has 0 bridgehead atoms. The van der Waals surface area contributed by atoms with Crippen molar-refractivity contribution in [1.82, 2.24) is 0 Å². The van der Waals surface area contributed by atoms with Gasteiger partial charge in [0.1, 0.15) is 5.60 Å². The Morgan fingerprint density at radius 1 is 1.04 bits per heavy atom. The summed E-state index contributed by atoms with van der Waals surface area (Å²) >= 11 is 0. The van der Waals surface area contributed by atoms with E-state index >= 15 is 0 Å². The number of carbonyl (C=O) groups excluding carboxylic acids is 3. The third kappa shape index (κ3) is 6.58. The number of hydrogen-bond donors (Lipinski definition) is 1. The van der Waals surface area contributed by atoms with Crippen molar-refractivity contribution < 1.29 is 76.0 Å². The molecule has 1 N–H and O–H groups in total. The summed E-state index contributed by atoms with van der Waals surface area (Å²) in [7, 11) is 0. The minimum atomic E-state index is -2.37. The second-order valence-electron chi connectivity index (χ2n) is 8.74. The first-order valence-electron chi connectivity index (χ1n) is 9.67. The van der Waals surface area contributed by atoms with Crippen LogP contribution in [-0.4, -0.2) is 28.1 Å². The molecule has 0 aromatic rings. The van der Waals surface area contributed by atoms with Crippen LogP contribution in [0.4, 0.5) is 0 Å². The molecule has 0 fully saturated rings. The van der Waals surface area contributed by atoms with Crippen molar-refractivity contribution in [3.63, 3.8) is 0 Å². The maximum Gasteiger partial charge on any atom is 1.00 e. The summed E-state index contributed by atoms with van der Waals surface area (Å²) in [5.41, 5.74) is -2.85. The van der Waals surface area contributed by atoms with E-state index in [2.05, 4.69) is 0 Å². The molecule has 0 aromatic carbocycles. The van der Waals surface area contributed by atoms with Gasteiger partial charge in [-0.1, -0.05) is 53.7 Å². The average molecular weight is 405 g/mol. The predicted octanol–water partition coefficient (Wildman–Crippen LogP) is -0.408. The quantitative estimate of drug-likeness (QED) is 0.395. The SMILES string of the molecule is CC(C)CCC(=O)[C@@]1(O)C([O-])=C(C(=O)CC(C)C)C(=O)[C@@H]1CCC(C)C.[K+]. The summed E-state index contributed by atoms with van der Waals surface area (Å²) in [6.07, 6.45) is 1.42. The van der Waals surface area contributed by atoms with E-state index in [-0.39, 0.29) is 88.4 Å². The number of Topliss-reactive ketones (excluding diaryl/α,β-unsaturated/α-hetero) is 3. The molecule has 0 aliphatic heterocycles. The summed E-state index contributed by atoms with van der Waals surface area (Å²) in [6, 6.07) is 0. The number of hydrogen-bond acceptors (Lipinski definition) is 5. The Labute approximate surface area is 205 Å². The van der Waals surface area contributed by atoms with Gasteiger partial charge in [0.25, 0.3) is 0 Å². The Balaban J connectivity index is 0.00000676. The zero-order valence-electron chi connectivity index (χ0n) is 17.9. The molecule has 148 valence electrons. The normalized spacial score (nSPS) is 22.7. The van der Waals surface area contributed by atoms with Crippen LogP contribution in [-0.2, 0) is 14.4 Å². The van der Waals surface area contributed by atoms with Crippen LogP contribution < -0.4 is 56.5 Å². The first kappa shape index (κ1) is 27.1. The van der Waals surface area contributed by atoms with Gasteiger partial charge in [-0.05, 0) is 30.6 Å². The summed E-state index contributed by atoms with van der Waals surface area (Å²) in [5, 5.41) is 23.9. The summed E-state index contributed by atoms with van der Waals surface area (Å²) in [4.78, 5) is 38.0. The van der Waals surface area contributed by atoms with Crippen LogP contribution in [0.15, 0.2) is 11.3 Å². The molecule has 2 atom stereocenters. The minimum absolute atomic E-state index is 0. The van der Waals surface area contributed by atoms with Gasteiger partial charge in [-0.2, -0.15) is 0 Å². The molecular weight excluding hydrogens is 371 g/mol. The van der Waals surface area contributed by atoms with Gasteiger partial charge in [0, 0.05) is 12.8 Å². The van der Waals surface area contributed by atoms with Gasteiger partial charge in [0.05, 0.1) is 11.5 Å². The van der Waals surface area contributed by atoms with Gasteiger partial charge in [-0.25, -0.2) is 0 Å². The third-order valence-corrected chi connectivity index (χ3v) is 4.92. The summed E-state index contributed by atoms with van der Waals surface area (Å²) < 4.78 is 0. The van der Waals surface area contributed by atoms with Crippen LogP contribution in [0.2, 0.25) is 0 Å².